The van der Waals surface area contributed by atoms with Gasteiger partial charge in [-0.05, 0) is 53.9 Å². The molecule has 0 saturated heterocycles. The van der Waals surface area contributed by atoms with E-state index in [2.05, 4.69) is 17.5 Å². The minimum Gasteiger partial charge on any atom is -0.330 e. The molecule has 7 heteroatoms. The van der Waals surface area contributed by atoms with E-state index in [1.807, 2.05) is 29.3 Å². The monoisotopic (exact) mass is 436 g/mol. The maximum absolute atomic E-state index is 13.2. The zero-order valence-electron chi connectivity index (χ0n) is 16.5. The van der Waals surface area contributed by atoms with Crippen molar-refractivity contribution in [3.8, 4) is 0 Å². The van der Waals surface area contributed by atoms with Crippen molar-refractivity contribution < 1.29 is 14.4 Å². The number of amides is 3. The summed E-state index contributed by atoms with van der Waals surface area (Å²) in [5.74, 6) is -0.644. The second-order valence-corrected chi connectivity index (χ2v) is 9.60. The summed E-state index contributed by atoms with van der Waals surface area (Å²) in [7, 11) is 0. The molecular weight excluding hydrogens is 416 g/mol. The molecule has 0 radical (unpaired) electrons. The lowest BCUT2D eigenvalue weighted by Gasteiger charge is -2.35. The fraction of sp³-hybridized carbons (Fsp3) is 0.261. The topological polar surface area (TPSA) is 57.7 Å². The lowest BCUT2D eigenvalue weighted by atomic mass is 9.98. The summed E-state index contributed by atoms with van der Waals surface area (Å²) in [5, 5.41) is 4.11. The number of fused-ring (bicyclic) bond motifs is 2. The summed E-state index contributed by atoms with van der Waals surface area (Å²) in [4.78, 5) is 44.2. The quantitative estimate of drug-likeness (QED) is 0.574. The number of aryl methyl sites for hydroxylation is 1. The Balaban J connectivity index is 1.35. The van der Waals surface area contributed by atoms with Gasteiger partial charge >= 0.3 is 0 Å². The van der Waals surface area contributed by atoms with Crippen LogP contribution in [0.1, 0.15) is 54.1 Å². The van der Waals surface area contributed by atoms with Gasteiger partial charge in [0.2, 0.25) is 5.91 Å². The Labute approximate surface area is 182 Å². The number of hydrogen-bond acceptors (Lipinski definition) is 5. The highest BCUT2D eigenvalue weighted by Crippen LogP contribution is 2.39. The van der Waals surface area contributed by atoms with Gasteiger partial charge in [0.15, 0.2) is 0 Å². The summed E-state index contributed by atoms with van der Waals surface area (Å²) in [6.07, 6.45) is 0.971. The van der Waals surface area contributed by atoms with Crippen LogP contribution in [0.3, 0.4) is 0 Å². The van der Waals surface area contributed by atoms with Crippen LogP contribution in [0.5, 0.6) is 0 Å². The van der Waals surface area contributed by atoms with E-state index in [0.29, 0.717) is 17.7 Å². The van der Waals surface area contributed by atoms with Crippen LogP contribution in [0.2, 0.25) is 0 Å². The highest BCUT2D eigenvalue weighted by molar-refractivity contribution is 7.10. The number of carbonyl (C=O) groups excluding carboxylic acids is 3. The first-order chi connectivity index (χ1) is 14.5. The Morgan fingerprint density at radius 1 is 1.07 bits per heavy atom. The normalized spacial score (nSPS) is 18.0. The smallest absolute Gasteiger partial charge is 0.261 e. The molecule has 5 nitrogen and oxygen atoms in total. The first-order valence-corrected chi connectivity index (χ1v) is 11.7. The average Bonchev–Trinajstić information content (AvgIpc) is 3.47. The van der Waals surface area contributed by atoms with Gasteiger partial charge in [-0.3, -0.25) is 19.3 Å². The predicted octanol–water partition coefficient (Wildman–Crippen LogP) is 4.28. The number of carbonyl (C=O) groups is 3. The summed E-state index contributed by atoms with van der Waals surface area (Å²) in [6.45, 7) is 2.65. The van der Waals surface area contributed by atoms with Gasteiger partial charge in [0.1, 0.15) is 0 Å². The Bertz CT molecular complexity index is 1150. The molecule has 152 valence electrons. The molecule has 0 saturated carbocycles. The largest absolute Gasteiger partial charge is 0.330 e. The number of rotatable bonds is 4. The van der Waals surface area contributed by atoms with Gasteiger partial charge in [0.05, 0.1) is 17.2 Å². The number of nitrogens with zero attached hydrogens (tertiary/aromatic N) is 2. The molecule has 3 amide bonds. The van der Waals surface area contributed by atoms with Crippen LogP contribution in [0.15, 0.2) is 47.2 Å². The highest BCUT2D eigenvalue weighted by Gasteiger charge is 2.37. The van der Waals surface area contributed by atoms with Crippen molar-refractivity contribution >= 4 is 40.4 Å². The molecule has 3 aromatic rings. The van der Waals surface area contributed by atoms with E-state index in [-0.39, 0.29) is 36.7 Å². The average molecular weight is 437 g/mol. The van der Waals surface area contributed by atoms with Crippen molar-refractivity contribution in [1.82, 2.24) is 9.80 Å². The minimum atomic E-state index is -0.309. The van der Waals surface area contributed by atoms with E-state index in [1.54, 1.807) is 34.8 Å². The van der Waals surface area contributed by atoms with Crippen molar-refractivity contribution in [1.29, 1.82) is 0 Å². The van der Waals surface area contributed by atoms with Crippen LogP contribution in [0, 0.1) is 6.92 Å². The number of thiophene rings is 2. The molecule has 0 N–H and O–H groups in total. The number of benzene rings is 1. The van der Waals surface area contributed by atoms with Crippen LogP contribution < -0.4 is 0 Å². The third kappa shape index (κ3) is 3.09. The molecule has 2 aliphatic rings. The lowest BCUT2D eigenvalue weighted by Crippen LogP contribution is -2.42. The van der Waals surface area contributed by atoms with Crippen molar-refractivity contribution in [2.24, 2.45) is 0 Å². The number of imide groups is 1. The Morgan fingerprint density at radius 3 is 2.70 bits per heavy atom. The molecule has 2 aromatic heterocycles. The molecular formula is C23H20N2O3S2. The van der Waals surface area contributed by atoms with E-state index < -0.39 is 0 Å². The summed E-state index contributed by atoms with van der Waals surface area (Å²) in [6, 6.07) is 11.4. The fourth-order valence-electron chi connectivity index (χ4n) is 4.30. The Kier molecular flexibility index (Phi) is 4.79. The molecule has 1 unspecified atom stereocenters. The standard InChI is InChI=1S/C23H20N2O3S2/c1-14-4-5-15-17(13-14)23(28)25(22(15)27)10-7-20(26)24-9-6-18-16(8-12-30-18)21(24)19-3-2-11-29-19/h2-5,8,11-13,21H,6-7,9-10H2,1H3. The van der Waals surface area contributed by atoms with Gasteiger partial charge in [0, 0.05) is 29.3 Å². The Hall–Kier alpha value is -2.77. The summed E-state index contributed by atoms with van der Waals surface area (Å²) >= 11 is 3.38. The van der Waals surface area contributed by atoms with Crippen LogP contribution >= 0.6 is 22.7 Å². The van der Waals surface area contributed by atoms with E-state index in [1.165, 1.54) is 15.3 Å². The molecule has 0 fully saturated rings. The van der Waals surface area contributed by atoms with Gasteiger partial charge in [-0.15, -0.1) is 22.7 Å². The highest BCUT2D eigenvalue weighted by atomic mass is 32.1. The third-order valence-corrected chi connectivity index (χ3v) is 7.70. The second-order valence-electron chi connectivity index (χ2n) is 7.62. The minimum absolute atomic E-state index is 0.0296. The van der Waals surface area contributed by atoms with Gasteiger partial charge in [0.25, 0.3) is 11.8 Å². The SMILES string of the molecule is Cc1ccc2c(c1)C(=O)N(CCC(=O)N1CCc3sccc3C1c1cccs1)C2=O. The van der Waals surface area contributed by atoms with E-state index in [9.17, 15) is 14.4 Å². The molecule has 5 rings (SSSR count). The fourth-order valence-corrected chi connectivity index (χ4v) is 6.06. The zero-order chi connectivity index (χ0) is 20.8. The van der Waals surface area contributed by atoms with E-state index in [0.717, 1.165) is 16.9 Å². The second kappa shape index (κ2) is 7.49. The van der Waals surface area contributed by atoms with Gasteiger partial charge in [-0.25, -0.2) is 0 Å². The molecule has 30 heavy (non-hydrogen) atoms. The van der Waals surface area contributed by atoms with Crippen LogP contribution in [-0.4, -0.2) is 40.6 Å². The molecule has 1 aromatic carbocycles. The molecule has 0 aliphatic carbocycles. The van der Waals surface area contributed by atoms with Crippen LogP contribution in [0.25, 0.3) is 0 Å². The molecule has 2 aliphatic heterocycles. The molecule has 4 heterocycles. The summed E-state index contributed by atoms with van der Waals surface area (Å²) in [5.41, 5.74) is 2.99. The maximum atomic E-state index is 13.2. The predicted molar refractivity (Wildman–Crippen MR) is 117 cm³/mol. The van der Waals surface area contributed by atoms with Crippen molar-refractivity contribution in [3.63, 3.8) is 0 Å². The zero-order valence-corrected chi connectivity index (χ0v) is 18.1. The first kappa shape index (κ1) is 19.2. The third-order valence-electron chi connectivity index (χ3n) is 5.77. The first-order valence-electron chi connectivity index (χ1n) is 9.90. The molecule has 1 atom stereocenters. The van der Waals surface area contributed by atoms with Crippen LogP contribution in [0.4, 0.5) is 0 Å². The van der Waals surface area contributed by atoms with E-state index >= 15 is 0 Å². The summed E-state index contributed by atoms with van der Waals surface area (Å²) < 4.78 is 0. The molecule has 0 bridgehead atoms. The van der Waals surface area contributed by atoms with E-state index in [4.69, 9.17) is 0 Å². The van der Waals surface area contributed by atoms with Gasteiger partial charge in [-0.1, -0.05) is 17.7 Å². The van der Waals surface area contributed by atoms with Crippen molar-refractivity contribution in [2.45, 2.75) is 25.8 Å². The van der Waals surface area contributed by atoms with Crippen LogP contribution in [-0.2, 0) is 11.2 Å². The lowest BCUT2D eigenvalue weighted by molar-refractivity contribution is -0.133. The Morgan fingerprint density at radius 2 is 1.90 bits per heavy atom. The maximum Gasteiger partial charge on any atom is 0.261 e. The van der Waals surface area contributed by atoms with Gasteiger partial charge < -0.3 is 4.90 Å². The van der Waals surface area contributed by atoms with Gasteiger partial charge in [-0.2, -0.15) is 0 Å². The molecule has 0 spiro atoms. The van der Waals surface area contributed by atoms with Crippen molar-refractivity contribution in [3.05, 3.63) is 79.2 Å². The number of hydrogen-bond donors (Lipinski definition) is 0. The van der Waals surface area contributed by atoms with Crippen molar-refractivity contribution in [2.75, 3.05) is 13.1 Å².